The summed E-state index contributed by atoms with van der Waals surface area (Å²) in [5.41, 5.74) is 0. The number of hydrogen-bond acceptors (Lipinski definition) is 6. The average Bonchev–Trinajstić information content (AvgIpc) is 2.64. The van der Waals surface area contributed by atoms with Gasteiger partial charge in [-0.05, 0) is 14.1 Å². The molecule has 1 aliphatic rings. The summed E-state index contributed by atoms with van der Waals surface area (Å²) in [5.74, 6) is 1.99. The summed E-state index contributed by atoms with van der Waals surface area (Å²) in [4.78, 5) is 12.8. The highest BCUT2D eigenvalue weighted by atomic mass is 16.5. The molecule has 1 aromatic rings. The van der Waals surface area contributed by atoms with E-state index in [1.807, 2.05) is 6.07 Å². The standard InChI is InChI=1S/C13H22N4O2/c1-16(2)7-11-8-17(4-5-19-9-11)12-6-13(18-3)15-10-14-12/h6,10-11H,4-5,7-9H2,1-3H3/t11-/m1/s1. The molecule has 6 heteroatoms. The van der Waals surface area contributed by atoms with E-state index in [1.165, 1.54) is 0 Å². The lowest BCUT2D eigenvalue weighted by molar-refractivity contribution is 0.113. The number of anilines is 1. The average molecular weight is 266 g/mol. The van der Waals surface area contributed by atoms with E-state index in [0.717, 1.165) is 38.7 Å². The minimum absolute atomic E-state index is 0.485. The van der Waals surface area contributed by atoms with Gasteiger partial charge < -0.3 is 19.3 Å². The lowest BCUT2D eigenvalue weighted by Crippen LogP contribution is -2.35. The molecule has 0 radical (unpaired) electrons. The normalized spacial score (nSPS) is 20.4. The van der Waals surface area contributed by atoms with E-state index in [0.29, 0.717) is 11.8 Å². The molecule has 1 fully saturated rings. The molecule has 0 spiro atoms. The molecule has 1 aromatic heterocycles. The van der Waals surface area contributed by atoms with Gasteiger partial charge in [-0.25, -0.2) is 9.97 Å². The Hall–Kier alpha value is -1.40. The zero-order valence-corrected chi connectivity index (χ0v) is 11.9. The minimum atomic E-state index is 0.485. The Balaban J connectivity index is 2.08. The Labute approximate surface area is 114 Å². The molecule has 0 aliphatic carbocycles. The van der Waals surface area contributed by atoms with Crippen molar-refractivity contribution in [2.45, 2.75) is 0 Å². The maximum Gasteiger partial charge on any atom is 0.218 e. The van der Waals surface area contributed by atoms with Crippen LogP contribution in [-0.4, -0.2) is 68.9 Å². The van der Waals surface area contributed by atoms with Crippen molar-refractivity contribution in [1.82, 2.24) is 14.9 Å². The van der Waals surface area contributed by atoms with Crippen LogP contribution < -0.4 is 9.64 Å². The van der Waals surface area contributed by atoms with E-state index >= 15 is 0 Å². The Morgan fingerprint density at radius 3 is 3.05 bits per heavy atom. The van der Waals surface area contributed by atoms with Crippen LogP contribution >= 0.6 is 0 Å². The van der Waals surface area contributed by atoms with Gasteiger partial charge in [0.25, 0.3) is 0 Å². The summed E-state index contributed by atoms with van der Waals surface area (Å²) in [7, 11) is 5.79. The van der Waals surface area contributed by atoms with Crippen molar-refractivity contribution in [3.05, 3.63) is 12.4 Å². The summed E-state index contributed by atoms with van der Waals surface area (Å²) in [6.45, 7) is 4.34. The molecule has 0 saturated carbocycles. The van der Waals surface area contributed by atoms with Crippen LogP contribution in [0, 0.1) is 5.92 Å². The van der Waals surface area contributed by atoms with Gasteiger partial charge in [0.1, 0.15) is 12.1 Å². The van der Waals surface area contributed by atoms with E-state index in [4.69, 9.17) is 9.47 Å². The molecule has 1 saturated heterocycles. The Kier molecular flexibility index (Phi) is 4.93. The molecule has 6 nitrogen and oxygen atoms in total. The van der Waals surface area contributed by atoms with E-state index < -0.39 is 0 Å². The number of aromatic nitrogens is 2. The van der Waals surface area contributed by atoms with Gasteiger partial charge in [0.05, 0.1) is 20.3 Å². The number of methoxy groups -OCH3 is 1. The quantitative estimate of drug-likeness (QED) is 0.791. The minimum Gasteiger partial charge on any atom is -0.481 e. The van der Waals surface area contributed by atoms with Gasteiger partial charge in [-0.2, -0.15) is 0 Å². The summed E-state index contributed by atoms with van der Waals surface area (Å²) < 4.78 is 10.8. The molecule has 2 heterocycles. The van der Waals surface area contributed by atoms with Gasteiger partial charge >= 0.3 is 0 Å². The molecular weight excluding hydrogens is 244 g/mol. The van der Waals surface area contributed by atoms with E-state index in [9.17, 15) is 0 Å². The highest BCUT2D eigenvalue weighted by Crippen LogP contribution is 2.18. The van der Waals surface area contributed by atoms with Crippen LogP contribution in [0.5, 0.6) is 5.88 Å². The molecule has 0 aromatic carbocycles. The van der Waals surface area contributed by atoms with Gasteiger partial charge in [-0.3, -0.25) is 0 Å². The van der Waals surface area contributed by atoms with Crippen LogP contribution in [-0.2, 0) is 4.74 Å². The van der Waals surface area contributed by atoms with E-state index in [1.54, 1.807) is 13.4 Å². The van der Waals surface area contributed by atoms with Gasteiger partial charge in [0.15, 0.2) is 0 Å². The van der Waals surface area contributed by atoms with Crippen LogP contribution in [0.3, 0.4) is 0 Å². The van der Waals surface area contributed by atoms with Crippen molar-refractivity contribution >= 4 is 5.82 Å². The maximum atomic E-state index is 5.67. The second kappa shape index (κ2) is 6.68. The molecule has 0 amide bonds. The first kappa shape index (κ1) is 14.0. The Morgan fingerprint density at radius 1 is 1.47 bits per heavy atom. The molecule has 0 N–H and O–H groups in total. The smallest absolute Gasteiger partial charge is 0.218 e. The fourth-order valence-electron chi connectivity index (χ4n) is 2.33. The fourth-order valence-corrected chi connectivity index (χ4v) is 2.33. The zero-order valence-electron chi connectivity index (χ0n) is 11.9. The van der Waals surface area contributed by atoms with Crippen molar-refractivity contribution < 1.29 is 9.47 Å². The van der Waals surface area contributed by atoms with Gasteiger partial charge in [-0.1, -0.05) is 0 Å². The van der Waals surface area contributed by atoms with Crippen molar-refractivity contribution in [3.63, 3.8) is 0 Å². The van der Waals surface area contributed by atoms with Crippen LogP contribution in [0.4, 0.5) is 5.82 Å². The number of ether oxygens (including phenoxy) is 2. The summed E-state index contributed by atoms with van der Waals surface area (Å²) in [6.07, 6.45) is 1.54. The lowest BCUT2D eigenvalue weighted by atomic mass is 10.1. The van der Waals surface area contributed by atoms with Crippen molar-refractivity contribution in [2.75, 3.05) is 59.0 Å². The lowest BCUT2D eigenvalue weighted by Gasteiger charge is -2.26. The van der Waals surface area contributed by atoms with Gasteiger partial charge in [-0.15, -0.1) is 0 Å². The predicted molar refractivity (Wildman–Crippen MR) is 73.7 cm³/mol. The summed E-state index contributed by atoms with van der Waals surface area (Å²) in [5, 5.41) is 0. The van der Waals surface area contributed by atoms with Crippen LogP contribution in [0.1, 0.15) is 0 Å². The maximum absolute atomic E-state index is 5.67. The fraction of sp³-hybridized carbons (Fsp3) is 0.692. The molecule has 1 aliphatic heterocycles. The van der Waals surface area contributed by atoms with Crippen molar-refractivity contribution in [3.8, 4) is 5.88 Å². The molecule has 1 atom stereocenters. The van der Waals surface area contributed by atoms with Crippen LogP contribution in [0.2, 0.25) is 0 Å². The first-order chi connectivity index (χ1) is 9.19. The monoisotopic (exact) mass is 266 g/mol. The summed E-state index contributed by atoms with van der Waals surface area (Å²) in [6, 6.07) is 1.87. The second-order valence-corrected chi connectivity index (χ2v) is 5.07. The molecule has 19 heavy (non-hydrogen) atoms. The highest BCUT2D eigenvalue weighted by molar-refractivity contribution is 5.41. The van der Waals surface area contributed by atoms with E-state index in [-0.39, 0.29) is 0 Å². The number of rotatable bonds is 4. The van der Waals surface area contributed by atoms with Gasteiger partial charge in [0.2, 0.25) is 5.88 Å². The van der Waals surface area contributed by atoms with Crippen molar-refractivity contribution in [1.29, 1.82) is 0 Å². The number of hydrogen-bond donors (Lipinski definition) is 0. The molecule has 0 unspecified atom stereocenters. The third-order valence-electron chi connectivity index (χ3n) is 3.12. The molecule has 0 bridgehead atoms. The summed E-state index contributed by atoms with van der Waals surface area (Å²) >= 11 is 0. The van der Waals surface area contributed by atoms with Crippen LogP contribution in [0.15, 0.2) is 12.4 Å². The van der Waals surface area contributed by atoms with Crippen molar-refractivity contribution in [2.24, 2.45) is 5.92 Å². The largest absolute Gasteiger partial charge is 0.481 e. The number of nitrogens with zero attached hydrogens (tertiary/aromatic N) is 4. The molecule has 2 rings (SSSR count). The molecular formula is C13H22N4O2. The first-order valence-electron chi connectivity index (χ1n) is 6.52. The topological polar surface area (TPSA) is 50.7 Å². The predicted octanol–water partition coefficient (Wildman–Crippen LogP) is 0.500. The third-order valence-corrected chi connectivity index (χ3v) is 3.12. The molecule has 106 valence electrons. The van der Waals surface area contributed by atoms with Crippen LogP contribution in [0.25, 0.3) is 0 Å². The van der Waals surface area contributed by atoms with Gasteiger partial charge in [0, 0.05) is 31.6 Å². The van der Waals surface area contributed by atoms with E-state index in [2.05, 4.69) is 33.9 Å². The third kappa shape index (κ3) is 4.04. The Bertz CT molecular complexity index is 400. The zero-order chi connectivity index (χ0) is 13.7. The highest BCUT2D eigenvalue weighted by Gasteiger charge is 2.20. The second-order valence-electron chi connectivity index (χ2n) is 5.07. The Morgan fingerprint density at radius 2 is 2.32 bits per heavy atom. The SMILES string of the molecule is COc1cc(N2CCOC[C@H](CN(C)C)C2)ncn1. The first-order valence-corrected chi connectivity index (χ1v) is 6.52.